The molecule has 108 valence electrons. The summed E-state index contributed by atoms with van der Waals surface area (Å²) in [7, 11) is 0. The molecule has 2 unspecified atom stereocenters. The molecule has 1 heterocycles. The Bertz CT molecular complexity index is 547. The Morgan fingerprint density at radius 3 is 2.65 bits per heavy atom. The molecule has 0 radical (unpaired) electrons. The number of benzene rings is 1. The molecule has 0 spiro atoms. The second kappa shape index (κ2) is 5.53. The number of nitro groups is 1. The van der Waals surface area contributed by atoms with Crippen LogP contribution in [-0.2, 0) is 9.53 Å². The van der Waals surface area contributed by atoms with Crippen LogP contribution >= 0.6 is 0 Å². The summed E-state index contributed by atoms with van der Waals surface area (Å²) in [6, 6.07) is 3.91. The Hall–Kier alpha value is -2.03. The minimum Gasteiger partial charge on any atom is -0.465 e. The van der Waals surface area contributed by atoms with Crippen LogP contribution in [0.2, 0.25) is 0 Å². The Balaban J connectivity index is 2.17. The number of hydrogen-bond donors (Lipinski definition) is 2. The summed E-state index contributed by atoms with van der Waals surface area (Å²) >= 11 is 0. The Kier molecular flexibility index (Phi) is 3.98. The zero-order valence-corrected chi connectivity index (χ0v) is 10.7. The Morgan fingerprint density at radius 2 is 2.05 bits per heavy atom. The molecule has 1 aliphatic heterocycles. The summed E-state index contributed by atoms with van der Waals surface area (Å²) in [6.07, 6.45) is -2.26. The summed E-state index contributed by atoms with van der Waals surface area (Å²) < 4.78 is 4.75. The first-order valence-corrected chi connectivity index (χ1v) is 5.95. The average Bonchev–Trinajstić information content (AvgIpc) is 2.63. The van der Waals surface area contributed by atoms with Crippen LogP contribution in [0.25, 0.3) is 0 Å². The lowest BCUT2D eigenvalue weighted by molar-refractivity contribution is -0.385. The van der Waals surface area contributed by atoms with Crippen molar-refractivity contribution < 1.29 is 24.7 Å². The van der Waals surface area contributed by atoms with Crippen LogP contribution in [0.5, 0.6) is 0 Å². The van der Waals surface area contributed by atoms with Crippen molar-refractivity contribution in [3.8, 4) is 0 Å². The van der Waals surface area contributed by atoms with E-state index in [1.54, 1.807) is 0 Å². The predicted octanol–water partition coefficient (Wildman–Crippen LogP) is 0.455. The van der Waals surface area contributed by atoms with Crippen molar-refractivity contribution in [2.45, 2.75) is 19.4 Å². The van der Waals surface area contributed by atoms with Crippen LogP contribution in [0, 0.1) is 10.1 Å². The molecule has 0 aromatic heterocycles. The Labute approximate surface area is 114 Å². The third-order valence-corrected chi connectivity index (χ3v) is 3.12. The number of carbonyl (C=O) groups excluding carboxylic acids is 1. The van der Waals surface area contributed by atoms with Crippen molar-refractivity contribution >= 4 is 11.7 Å². The van der Waals surface area contributed by atoms with Gasteiger partial charge in [0.25, 0.3) is 5.69 Å². The number of hydrogen-bond acceptors (Lipinski definition) is 7. The topological polar surface area (TPSA) is 113 Å². The molecule has 0 amide bonds. The zero-order valence-electron chi connectivity index (χ0n) is 10.7. The van der Waals surface area contributed by atoms with Gasteiger partial charge in [-0.3, -0.25) is 14.9 Å². The molecule has 0 fully saturated rings. The van der Waals surface area contributed by atoms with E-state index in [1.165, 1.54) is 30.0 Å². The monoisotopic (exact) mass is 282 g/mol. The molecule has 1 aromatic carbocycles. The van der Waals surface area contributed by atoms with Gasteiger partial charge < -0.3 is 14.9 Å². The molecule has 1 aromatic rings. The first-order chi connectivity index (χ1) is 9.41. The number of ether oxygens (including phenoxy) is 1. The first kappa shape index (κ1) is 14.4. The van der Waals surface area contributed by atoms with E-state index in [4.69, 9.17) is 4.74 Å². The molecule has 2 rings (SSSR count). The first-order valence-electron chi connectivity index (χ1n) is 5.95. The van der Waals surface area contributed by atoms with E-state index in [2.05, 4.69) is 0 Å². The van der Waals surface area contributed by atoms with Crippen molar-refractivity contribution in [2.24, 2.45) is 0 Å². The standard InChI is InChI=1S/C12H14N2O6/c1-7(15)20-5-4-13-11(16)9-3-2-8(14(18)19)6-10(9)12(13)17/h2-3,6,11-12,16-17H,4-5H2,1H3. The second-order valence-electron chi connectivity index (χ2n) is 4.40. The lowest BCUT2D eigenvalue weighted by Crippen LogP contribution is -2.30. The third-order valence-electron chi connectivity index (χ3n) is 3.12. The molecule has 0 bridgehead atoms. The lowest BCUT2D eigenvalue weighted by atomic mass is 10.1. The van der Waals surface area contributed by atoms with Gasteiger partial charge in [0.2, 0.25) is 0 Å². The Morgan fingerprint density at radius 1 is 1.40 bits per heavy atom. The van der Waals surface area contributed by atoms with Crippen LogP contribution in [0.4, 0.5) is 5.69 Å². The molecule has 0 saturated heterocycles. The van der Waals surface area contributed by atoms with Gasteiger partial charge in [-0.15, -0.1) is 0 Å². The number of carbonyl (C=O) groups is 1. The van der Waals surface area contributed by atoms with Gasteiger partial charge in [0.15, 0.2) is 0 Å². The molecule has 2 N–H and O–H groups in total. The largest absolute Gasteiger partial charge is 0.465 e. The maximum absolute atomic E-state index is 10.7. The molecule has 8 nitrogen and oxygen atoms in total. The maximum atomic E-state index is 10.7. The molecule has 8 heteroatoms. The van der Waals surface area contributed by atoms with Crippen LogP contribution in [0.1, 0.15) is 30.5 Å². The summed E-state index contributed by atoms with van der Waals surface area (Å²) in [5.41, 5.74) is 0.539. The number of aliphatic hydroxyl groups excluding tert-OH is 2. The quantitative estimate of drug-likeness (QED) is 0.468. The minimum atomic E-state index is -1.17. The maximum Gasteiger partial charge on any atom is 0.302 e. The highest BCUT2D eigenvalue weighted by Crippen LogP contribution is 2.40. The van der Waals surface area contributed by atoms with E-state index in [1.807, 2.05) is 0 Å². The van der Waals surface area contributed by atoms with Crippen molar-refractivity contribution in [1.82, 2.24) is 4.90 Å². The number of aliphatic hydroxyl groups is 2. The highest BCUT2D eigenvalue weighted by Gasteiger charge is 2.37. The molecular weight excluding hydrogens is 268 g/mol. The number of rotatable bonds is 4. The van der Waals surface area contributed by atoms with E-state index < -0.39 is 23.3 Å². The predicted molar refractivity (Wildman–Crippen MR) is 66.4 cm³/mol. The van der Waals surface area contributed by atoms with E-state index in [0.717, 1.165) is 0 Å². The minimum absolute atomic E-state index is 0.0134. The number of nitro benzene ring substituents is 1. The smallest absolute Gasteiger partial charge is 0.302 e. The lowest BCUT2D eigenvalue weighted by Gasteiger charge is -2.23. The molecular formula is C12H14N2O6. The van der Waals surface area contributed by atoms with Crippen molar-refractivity contribution in [3.63, 3.8) is 0 Å². The fourth-order valence-corrected chi connectivity index (χ4v) is 2.16. The summed E-state index contributed by atoms with van der Waals surface area (Å²) in [5.74, 6) is -0.457. The van der Waals surface area contributed by atoms with Crippen molar-refractivity contribution in [2.75, 3.05) is 13.2 Å². The normalized spacial score (nSPS) is 21.6. The van der Waals surface area contributed by atoms with Gasteiger partial charge in [0.05, 0.1) is 4.92 Å². The summed E-state index contributed by atoms with van der Waals surface area (Å²) in [5, 5.41) is 30.9. The van der Waals surface area contributed by atoms with Crippen LogP contribution in [0.3, 0.4) is 0 Å². The van der Waals surface area contributed by atoms with Gasteiger partial charge in [-0.1, -0.05) is 0 Å². The number of nitrogens with zero attached hydrogens (tertiary/aromatic N) is 2. The molecule has 20 heavy (non-hydrogen) atoms. The van der Waals surface area contributed by atoms with Gasteiger partial charge in [0.1, 0.15) is 19.1 Å². The van der Waals surface area contributed by atoms with E-state index in [0.29, 0.717) is 5.56 Å². The van der Waals surface area contributed by atoms with Gasteiger partial charge >= 0.3 is 5.97 Å². The average molecular weight is 282 g/mol. The van der Waals surface area contributed by atoms with E-state index >= 15 is 0 Å². The fourth-order valence-electron chi connectivity index (χ4n) is 2.16. The van der Waals surface area contributed by atoms with Crippen LogP contribution < -0.4 is 0 Å². The third kappa shape index (κ3) is 2.62. The highest BCUT2D eigenvalue weighted by atomic mass is 16.6. The highest BCUT2D eigenvalue weighted by molar-refractivity contribution is 5.65. The second-order valence-corrected chi connectivity index (χ2v) is 4.40. The van der Waals surface area contributed by atoms with E-state index in [-0.39, 0.29) is 24.4 Å². The van der Waals surface area contributed by atoms with Gasteiger partial charge in [0, 0.05) is 36.7 Å². The molecule has 1 aliphatic rings. The fraction of sp³-hybridized carbons (Fsp3) is 0.417. The van der Waals surface area contributed by atoms with Crippen molar-refractivity contribution in [3.05, 3.63) is 39.4 Å². The number of esters is 1. The molecule has 2 atom stereocenters. The van der Waals surface area contributed by atoms with Crippen molar-refractivity contribution in [1.29, 1.82) is 0 Å². The summed E-state index contributed by atoms with van der Waals surface area (Å²) in [4.78, 5) is 22.1. The van der Waals surface area contributed by atoms with Gasteiger partial charge in [-0.25, -0.2) is 4.90 Å². The van der Waals surface area contributed by atoms with Crippen LogP contribution in [-0.4, -0.2) is 39.2 Å². The van der Waals surface area contributed by atoms with Gasteiger partial charge in [-0.2, -0.15) is 0 Å². The van der Waals surface area contributed by atoms with Crippen LogP contribution in [0.15, 0.2) is 18.2 Å². The SMILES string of the molecule is CC(=O)OCCN1C(O)c2ccc([N+](=O)[O-])cc2C1O. The van der Waals surface area contributed by atoms with Gasteiger partial charge in [-0.05, 0) is 6.07 Å². The summed E-state index contributed by atoms with van der Waals surface area (Å²) in [6.45, 7) is 1.39. The van der Waals surface area contributed by atoms with E-state index in [9.17, 15) is 25.1 Å². The molecule has 0 aliphatic carbocycles. The zero-order chi connectivity index (χ0) is 14.9. The number of fused-ring (bicyclic) bond motifs is 1. The molecule has 0 saturated carbocycles. The number of non-ortho nitro benzene ring substituents is 1.